The molecule has 2 N–H and O–H groups in total. The van der Waals surface area contributed by atoms with Crippen molar-refractivity contribution in [1.29, 1.82) is 0 Å². The molecule has 0 aliphatic rings. The van der Waals surface area contributed by atoms with Crippen molar-refractivity contribution in [3.63, 3.8) is 0 Å². The first-order valence-electron chi connectivity index (χ1n) is 5.44. The summed E-state index contributed by atoms with van der Waals surface area (Å²) in [5.41, 5.74) is 7.05. The molecule has 18 heavy (non-hydrogen) atoms. The zero-order valence-electron chi connectivity index (χ0n) is 9.90. The number of hydrogen-bond donors (Lipinski definition) is 1. The Morgan fingerprint density at radius 1 is 1.33 bits per heavy atom. The van der Waals surface area contributed by atoms with Crippen LogP contribution >= 0.6 is 11.6 Å². The average Bonchev–Trinajstić information content (AvgIpc) is 2.34. The van der Waals surface area contributed by atoms with E-state index < -0.39 is 0 Å². The lowest BCUT2D eigenvalue weighted by molar-refractivity contribution is 0.627. The Morgan fingerprint density at radius 2 is 2.11 bits per heavy atom. The number of hydrogen-bond acceptors (Lipinski definition) is 3. The van der Waals surface area contributed by atoms with Gasteiger partial charge in [-0.25, -0.2) is 9.37 Å². The largest absolute Gasteiger partial charge is 0.384 e. The molecule has 1 aromatic carbocycles. The number of halogens is 2. The third-order valence-corrected chi connectivity index (χ3v) is 2.92. The maximum atomic E-state index is 13.1. The van der Waals surface area contributed by atoms with Crippen molar-refractivity contribution in [3.8, 4) is 0 Å². The first-order valence-corrected chi connectivity index (χ1v) is 5.81. The Balaban J connectivity index is 2.21. The molecule has 0 aliphatic carbocycles. The van der Waals surface area contributed by atoms with Gasteiger partial charge in [-0.3, -0.25) is 0 Å². The Bertz CT molecular complexity index is 560. The molecular formula is C13H13ClFN3. The molecule has 0 saturated heterocycles. The van der Waals surface area contributed by atoms with Gasteiger partial charge in [0.2, 0.25) is 0 Å². The quantitative estimate of drug-likeness (QED) is 0.927. The van der Waals surface area contributed by atoms with E-state index in [1.165, 1.54) is 12.1 Å². The molecule has 0 saturated carbocycles. The molecule has 0 bridgehead atoms. The van der Waals surface area contributed by atoms with Crippen LogP contribution in [0.4, 0.5) is 15.9 Å². The van der Waals surface area contributed by atoms with E-state index in [-0.39, 0.29) is 5.82 Å². The van der Waals surface area contributed by atoms with Crippen LogP contribution in [0.15, 0.2) is 36.4 Å². The van der Waals surface area contributed by atoms with Crippen LogP contribution in [-0.2, 0) is 6.54 Å². The number of benzene rings is 1. The summed E-state index contributed by atoms with van der Waals surface area (Å²) in [6, 6.07) is 9.70. The maximum absolute atomic E-state index is 13.1. The fourth-order valence-electron chi connectivity index (χ4n) is 1.64. The highest BCUT2D eigenvalue weighted by atomic mass is 35.5. The molecule has 3 nitrogen and oxygen atoms in total. The Kier molecular flexibility index (Phi) is 3.67. The standard InChI is InChI=1S/C13H13ClFN3/c1-18(10-4-2-3-9(15)7-10)8-12-11(14)5-6-13(16)17-12/h2-7H,8H2,1H3,(H2,16,17). The number of aromatic nitrogens is 1. The predicted octanol–water partition coefficient (Wildman–Crippen LogP) is 3.09. The lowest BCUT2D eigenvalue weighted by Crippen LogP contribution is -2.18. The van der Waals surface area contributed by atoms with Gasteiger partial charge in [0.25, 0.3) is 0 Å². The smallest absolute Gasteiger partial charge is 0.125 e. The number of anilines is 2. The topological polar surface area (TPSA) is 42.2 Å². The van der Waals surface area contributed by atoms with Gasteiger partial charge in [-0.15, -0.1) is 0 Å². The summed E-state index contributed by atoms with van der Waals surface area (Å²) in [6.45, 7) is 0.466. The number of pyridine rings is 1. The Labute approximate surface area is 110 Å². The minimum absolute atomic E-state index is 0.272. The molecule has 0 atom stereocenters. The van der Waals surface area contributed by atoms with Crippen LogP contribution in [0.1, 0.15) is 5.69 Å². The third kappa shape index (κ3) is 2.90. The van der Waals surface area contributed by atoms with Crippen LogP contribution in [0.3, 0.4) is 0 Å². The van der Waals surface area contributed by atoms with E-state index in [1.54, 1.807) is 18.2 Å². The van der Waals surface area contributed by atoms with E-state index in [1.807, 2.05) is 18.0 Å². The van der Waals surface area contributed by atoms with Crippen LogP contribution in [0.25, 0.3) is 0 Å². The van der Waals surface area contributed by atoms with E-state index in [0.29, 0.717) is 23.1 Å². The normalized spacial score (nSPS) is 10.4. The third-order valence-electron chi connectivity index (χ3n) is 2.58. The van der Waals surface area contributed by atoms with E-state index in [4.69, 9.17) is 17.3 Å². The molecule has 0 spiro atoms. The van der Waals surface area contributed by atoms with Gasteiger partial charge in [0.15, 0.2) is 0 Å². The summed E-state index contributed by atoms with van der Waals surface area (Å²) in [7, 11) is 1.84. The second-order valence-corrected chi connectivity index (χ2v) is 4.41. The lowest BCUT2D eigenvalue weighted by Gasteiger charge is -2.19. The SMILES string of the molecule is CN(Cc1nc(N)ccc1Cl)c1cccc(F)c1. The van der Waals surface area contributed by atoms with Gasteiger partial charge in [-0.2, -0.15) is 0 Å². The molecule has 1 aromatic heterocycles. The molecule has 0 aliphatic heterocycles. The van der Waals surface area contributed by atoms with Gasteiger partial charge in [-0.1, -0.05) is 17.7 Å². The van der Waals surface area contributed by atoms with Crippen molar-refractivity contribution in [1.82, 2.24) is 4.98 Å². The molecule has 5 heteroatoms. The first kappa shape index (κ1) is 12.6. The number of nitrogens with zero attached hydrogens (tertiary/aromatic N) is 2. The van der Waals surface area contributed by atoms with Crippen molar-refractivity contribution in [2.75, 3.05) is 17.7 Å². The maximum Gasteiger partial charge on any atom is 0.125 e. The van der Waals surface area contributed by atoms with Crippen molar-refractivity contribution in [2.45, 2.75) is 6.54 Å². The van der Waals surface area contributed by atoms with Gasteiger partial charge in [0.1, 0.15) is 11.6 Å². The molecule has 1 heterocycles. The average molecular weight is 266 g/mol. The zero-order valence-corrected chi connectivity index (χ0v) is 10.7. The van der Waals surface area contributed by atoms with E-state index in [0.717, 1.165) is 5.69 Å². The summed E-state index contributed by atoms with van der Waals surface area (Å²) in [5, 5.41) is 0.549. The van der Waals surface area contributed by atoms with Gasteiger partial charge in [0.05, 0.1) is 17.3 Å². The van der Waals surface area contributed by atoms with Crippen molar-refractivity contribution < 1.29 is 4.39 Å². The monoisotopic (exact) mass is 265 g/mol. The first-order chi connectivity index (χ1) is 8.56. The van der Waals surface area contributed by atoms with Gasteiger partial charge in [0, 0.05) is 12.7 Å². The van der Waals surface area contributed by atoms with E-state index in [9.17, 15) is 4.39 Å². The van der Waals surface area contributed by atoms with Crippen molar-refractivity contribution in [2.24, 2.45) is 0 Å². The van der Waals surface area contributed by atoms with E-state index in [2.05, 4.69) is 4.98 Å². The molecule has 0 radical (unpaired) electrons. The highest BCUT2D eigenvalue weighted by molar-refractivity contribution is 6.31. The van der Waals surface area contributed by atoms with Crippen LogP contribution in [-0.4, -0.2) is 12.0 Å². The predicted molar refractivity (Wildman–Crippen MR) is 72.2 cm³/mol. The van der Waals surface area contributed by atoms with Crippen molar-refractivity contribution in [3.05, 3.63) is 52.9 Å². The van der Waals surface area contributed by atoms with E-state index >= 15 is 0 Å². The molecule has 2 aromatic rings. The molecular weight excluding hydrogens is 253 g/mol. The summed E-state index contributed by atoms with van der Waals surface area (Å²) < 4.78 is 13.1. The number of rotatable bonds is 3. The van der Waals surface area contributed by atoms with Gasteiger partial charge < -0.3 is 10.6 Å². The zero-order chi connectivity index (χ0) is 13.1. The molecule has 2 rings (SSSR count). The van der Waals surface area contributed by atoms with Crippen LogP contribution in [0.2, 0.25) is 5.02 Å². The van der Waals surface area contributed by atoms with Crippen molar-refractivity contribution >= 4 is 23.1 Å². The fourth-order valence-corrected chi connectivity index (χ4v) is 1.81. The summed E-state index contributed by atoms with van der Waals surface area (Å²) in [4.78, 5) is 6.03. The van der Waals surface area contributed by atoms with Crippen LogP contribution in [0, 0.1) is 5.82 Å². The van der Waals surface area contributed by atoms with Gasteiger partial charge >= 0.3 is 0 Å². The van der Waals surface area contributed by atoms with Crippen LogP contribution in [0.5, 0.6) is 0 Å². The summed E-state index contributed by atoms with van der Waals surface area (Å²) in [6.07, 6.45) is 0. The highest BCUT2D eigenvalue weighted by Gasteiger charge is 2.08. The molecule has 0 amide bonds. The Hall–Kier alpha value is -1.81. The minimum atomic E-state index is -0.272. The summed E-state index contributed by atoms with van der Waals surface area (Å²) in [5.74, 6) is 0.146. The minimum Gasteiger partial charge on any atom is -0.384 e. The summed E-state index contributed by atoms with van der Waals surface area (Å²) >= 11 is 6.04. The number of nitrogens with two attached hydrogens (primary N) is 1. The second-order valence-electron chi connectivity index (χ2n) is 4.00. The number of nitrogen functional groups attached to an aromatic ring is 1. The Morgan fingerprint density at radius 3 is 2.83 bits per heavy atom. The second kappa shape index (κ2) is 5.23. The van der Waals surface area contributed by atoms with Crippen LogP contribution < -0.4 is 10.6 Å². The lowest BCUT2D eigenvalue weighted by atomic mass is 10.2. The molecule has 0 fully saturated rings. The van der Waals surface area contributed by atoms with Gasteiger partial charge in [-0.05, 0) is 30.3 Å². The molecule has 94 valence electrons. The molecule has 0 unspecified atom stereocenters. The fraction of sp³-hybridized carbons (Fsp3) is 0.154. The highest BCUT2D eigenvalue weighted by Crippen LogP contribution is 2.20.